The lowest BCUT2D eigenvalue weighted by molar-refractivity contribution is -0.385. The van der Waals surface area contributed by atoms with E-state index in [2.05, 4.69) is 4.98 Å². The van der Waals surface area contributed by atoms with Crippen LogP contribution in [0.3, 0.4) is 0 Å². The van der Waals surface area contributed by atoms with Crippen molar-refractivity contribution in [2.75, 3.05) is 0 Å². The van der Waals surface area contributed by atoms with Crippen molar-refractivity contribution in [1.29, 1.82) is 0 Å². The van der Waals surface area contributed by atoms with Crippen LogP contribution in [0.25, 0.3) is 10.9 Å². The van der Waals surface area contributed by atoms with Gasteiger partial charge < -0.3 is 5.11 Å². The highest BCUT2D eigenvalue weighted by atomic mass is 32.2. The number of para-hydroxylation sites is 1. The number of aromatic nitrogens is 1. The van der Waals surface area contributed by atoms with E-state index in [4.69, 9.17) is 0 Å². The molecule has 5 nitrogen and oxygen atoms in total. The van der Waals surface area contributed by atoms with Gasteiger partial charge in [0.25, 0.3) is 5.69 Å². The number of fused-ring (bicyclic) bond motifs is 1. The summed E-state index contributed by atoms with van der Waals surface area (Å²) in [4.78, 5) is 16.2. The topological polar surface area (TPSA) is 76.3 Å². The molecule has 3 aromatic rings. The molecule has 0 saturated carbocycles. The molecule has 104 valence electrons. The summed E-state index contributed by atoms with van der Waals surface area (Å²) < 4.78 is 0. The first-order valence-electron chi connectivity index (χ1n) is 6.15. The van der Waals surface area contributed by atoms with Crippen molar-refractivity contribution >= 4 is 28.4 Å². The Morgan fingerprint density at radius 1 is 1.05 bits per heavy atom. The Kier molecular flexibility index (Phi) is 3.45. The monoisotopic (exact) mass is 298 g/mol. The average Bonchev–Trinajstić information content (AvgIpc) is 2.49. The Bertz CT molecular complexity index is 836. The van der Waals surface area contributed by atoms with Crippen LogP contribution in [-0.4, -0.2) is 15.0 Å². The molecule has 0 saturated heterocycles. The Morgan fingerprint density at radius 2 is 1.86 bits per heavy atom. The number of hydrogen-bond acceptors (Lipinski definition) is 5. The molecule has 6 heteroatoms. The van der Waals surface area contributed by atoms with Crippen LogP contribution in [0.5, 0.6) is 5.75 Å². The van der Waals surface area contributed by atoms with Gasteiger partial charge in [-0.25, -0.2) is 0 Å². The van der Waals surface area contributed by atoms with E-state index in [1.165, 1.54) is 0 Å². The van der Waals surface area contributed by atoms with Crippen LogP contribution in [0.4, 0.5) is 5.69 Å². The van der Waals surface area contributed by atoms with Crippen LogP contribution < -0.4 is 0 Å². The summed E-state index contributed by atoms with van der Waals surface area (Å²) in [6.45, 7) is 0. The average molecular weight is 298 g/mol. The maximum Gasteiger partial charge on any atom is 0.292 e. The molecular weight excluding hydrogens is 288 g/mol. The molecule has 0 spiro atoms. The van der Waals surface area contributed by atoms with E-state index in [1.807, 2.05) is 0 Å². The second-order valence-electron chi connectivity index (χ2n) is 4.31. The number of nitrogens with zero attached hydrogens (tertiary/aromatic N) is 2. The van der Waals surface area contributed by atoms with E-state index in [9.17, 15) is 15.2 Å². The number of nitro groups is 1. The number of benzene rings is 2. The molecule has 1 N–H and O–H groups in total. The second kappa shape index (κ2) is 5.41. The van der Waals surface area contributed by atoms with Gasteiger partial charge in [-0.15, -0.1) is 0 Å². The first-order chi connectivity index (χ1) is 10.2. The fourth-order valence-corrected chi connectivity index (χ4v) is 3.02. The van der Waals surface area contributed by atoms with Gasteiger partial charge in [-0.2, -0.15) is 0 Å². The summed E-state index contributed by atoms with van der Waals surface area (Å²) in [5.41, 5.74) is 0.583. The van der Waals surface area contributed by atoms with Crippen LogP contribution in [0.15, 0.2) is 64.5 Å². The molecule has 0 aliphatic heterocycles. The highest BCUT2D eigenvalue weighted by Crippen LogP contribution is 2.41. The van der Waals surface area contributed by atoms with Crippen molar-refractivity contribution in [3.05, 3.63) is 64.8 Å². The largest absolute Gasteiger partial charge is 0.507 e. The fourth-order valence-electron chi connectivity index (χ4n) is 2.05. The molecule has 0 bridgehead atoms. The van der Waals surface area contributed by atoms with Gasteiger partial charge in [-0.3, -0.25) is 15.1 Å². The maximum absolute atomic E-state index is 11.4. The van der Waals surface area contributed by atoms with Crippen molar-refractivity contribution < 1.29 is 10.0 Å². The van der Waals surface area contributed by atoms with Gasteiger partial charge in [-0.05, 0) is 36.4 Å². The van der Waals surface area contributed by atoms with Crippen molar-refractivity contribution in [3.8, 4) is 5.75 Å². The second-order valence-corrected chi connectivity index (χ2v) is 5.39. The molecule has 0 amide bonds. The zero-order valence-electron chi connectivity index (χ0n) is 10.8. The zero-order chi connectivity index (χ0) is 14.8. The summed E-state index contributed by atoms with van der Waals surface area (Å²) >= 11 is 1.16. The van der Waals surface area contributed by atoms with Crippen molar-refractivity contribution in [3.63, 3.8) is 0 Å². The molecule has 0 atom stereocenters. The first kappa shape index (κ1) is 13.4. The first-order valence-corrected chi connectivity index (χ1v) is 6.96. The Morgan fingerprint density at radius 3 is 2.62 bits per heavy atom. The van der Waals surface area contributed by atoms with Crippen molar-refractivity contribution in [2.45, 2.75) is 9.79 Å². The quantitative estimate of drug-likeness (QED) is 0.584. The number of aromatic hydroxyl groups is 1. The molecular formula is C15H10N2O3S. The number of nitro benzene ring substituents is 1. The fraction of sp³-hybridized carbons (Fsp3) is 0. The Balaban J connectivity index is 2.17. The summed E-state index contributed by atoms with van der Waals surface area (Å²) in [5.74, 6) is 0.100. The van der Waals surface area contributed by atoms with Gasteiger partial charge in [0.1, 0.15) is 5.75 Å². The van der Waals surface area contributed by atoms with Crippen molar-refractivity contribution in [2.24, 2.45) is 0 Å². The third-order valence-electron chi connectivity index (χ3n) is 2.99. The van der Waals surface area contributed by atoms with Gasteiger partial charge in [0.05, 0.1) is 25.6 Å². The summed E-state index contributed by atoms with van der Waals surface area (Å²) in [6, 6.07) is 13.5. The number of rotatable bonds is 3. The third kappa shape index (κ3) is 2.53. The molecule has 3 rings (SSSR count). The van der Waals surface area contributed by atoms with Gasteiger partial charge in [-0.1, -0.05) is 23.9 Å². The SMILES string of the molecule is O=[N+]([O-])c1c(Sc2ccccc2O)ccc2ncccc12. The predicted molar refractivity (Wildman–Crippen MR) is 80.6 cm³/mol. The smallest absolute Gasteiger partial charge is 0.292 e. The van der Waals surface area contributed by atoms with Gasteiger partial charge in [0.15, 0.2) is 0 Å². The number of hydrogen-bond donors (Lipinski definition) is 1. The van der Waals surface area contributed by atoms with Crippen LogP contribution in [0, 0.1) is 10.1 Å². The summed E-state index contributed by atoms with van der Waals surface area (Å²) in [5, 5.41) is 21.7. The molecule has 1 aromatic heterocycles. The van der Waals surface area contributed by atoms with E-state index in [1.54, 1.807) is 54.7 Å². The number of phenols is 1. The van der Waals surface area contributed by atoms with Gasteiger partial charge >= 0.3 is 0 Å². The third-order valence-corrected chi connectivity index (χ3v) is 4.10. The molecule has 1 heterocycles. The molecule has 0 aliphatic rings. The van der Waals surface area contributed by atoms with Crippen LogP contribution in [0.1, 0.15) is 0 Å². The normalized spacial score (nSPS) is 10.7. The number of pyridine rings is 1. The molecule has 2 aromatic carbocycles. The molecule has 21 heavy (non-hydrogen) atoms. The van der Waals surface area contributed by atoms with Gasteiger partial charge in [0, 0.05) is 6.20 Å². The van der Waals surface area contributed by atoms with E-state index >= 15 is 0 Å². The van der Waals surface area contributed by atoms with Crippen LogP contribution in [-0.2, 0) is 0 Å². The van der Waals surface area contributed by atoms with Crippen LogP contribution >= 0.6 is 11.8 Å². The van der Waals surface area contributed by atoms with Crippen molar-refractivity contribution in [1.82, 2.24) is 4.98 Å². The lowest BCUT2D eigenvalue weighted by Crippen LogP contribution is -1.93. The molecule has 0 unspecified atom stereocenters. The highest BCUT2D eigenvalue weighted by molar-refractivity contribution is 7.99. The van der Waals surface area contributed by atoms with E-state index in [0.717, 1.165) is 11.8 Å². The minimum absolute atomic E-state index is 0.00820. The minimum atomic E-state index is -0.410. The lowest BCUT2D eigenvalue weighted by atomic mass is 10.2. The Hall–Kier alpha value is -2.60. The van der Waals surface area contributed by atoms with E-state index in [0.29, 0.717) is 20.7 Å². The van der Waals surface area contributed by atoms with Crippen LogP contribution in [0.2, 0.25) is 0 Å². The summed E-state index contributed by atoms with van der Waals surface area (Å²) in [6.07, 6.45) is 1.60. The van der Waals surface area contributed by atoms with Gasteiger partial charge in [0.2, 0.25) is 0 Å². The standard InChI is InChI=1S/C15H10N2O3S/c18-12-5-1-2-6-13(12)21-14-8-7-11-10(4-3-9-16-11)15(14)17(19)20/h1-9,18H. The predicted octanol–water partition coefficient (Wildman–Crippen LogP) is 4.00. The molecule has 0 fully saturated rings. The number of phenolic OH excluding ortho intramolecular Hbond substituents is 1. The lowest BCUT2D eigenvalue weighted by Gasteiger charge is -2.07. The minimum Gasteiger partial charge on any atom is -0.507 e. The van der Waals surface area contributed by atoms with E-state index < -0.39 is 4.92 Å². The highest BCUT2D eigenvalue weighted by Gasteiger charge is 2.20. The Labute approximate surface area is 124 Å². The van der Waals surface area contributed by atoms with E-state index in [-0.39, 0.29) is 11.4 Å². The maximum atomic E-state index is 11.4. The summed E-state index contributed by atoms with van der Waals surface area (Å²) in [7, 11) is 0. The zero-order valence-corrected chi connectivity index (χ0v) is 11.6. The molecule has 0 aliphatic carbocycles. The molecule has 0 radical (unpaired) electrons.